The number of halogens is 1. The molecule has 5 heteroatoms. The zero-order valence-corrected chi connectivity index (χ0v) is 15.4. The number of sulfonamides is 1. The number of hydrogen-bond donors (Lipinski definition) is 0. The van der Waals surface area contributed by atoms with E-state index >= 15 is 0 Å². The maximum absolute atomic E-state index is 13.5. The van der Waals surface area contributed by atoms with Crippen molar-refractivity contribution >= 4 is 15.7 Å². The number of rotatable bonds is 3. The summed E-state index contributed by atoms with van der Waals surface area (Å²) in [5.74, 6) is -0.398. The number of hydrogen-bond acceptors (Lipinski definition) is 2. The zero-order chi connectivity index (χ0) is 17.9. The average molecular weight is 371 g/mol. The molecule has 1 spiro atoms. The minimum atomic E-state index is -3.44. The van der Waals surface area contributed by atoms with Gasteiger partial charge in [-0.05, 0) is 48.6 Å². The Morgan fingerprint density at radius 3 is 2.58 bits per heavy atom. The summed E-state index contributed by atoms with van der Waals surface area (Å²) in [4.78, 5) is 0. The molecule has 1 aliphatic heterocycles. The summed E-state index contributed by atoms with van der Waals surface area (Å²) in [6, 6.07) is 14.3. The van der Waals surface area contributed by atoms with Crippen molar-refractivity contribution in [3.05, 3.63) is 65.5 Å². The van der Waals surface area contributed by atoms with Crippen molar-refractivity contribution in [2.45, 2.75) is 48.7 Å². The number of fused-ring (bicyclic) bond motifs is 2. The standard InChI is InChI=1S/C21H22FNO2S/c22-16-7-5-6-15(12-16)17-13-20(17)26(24,25)23-14-21(10-3-4-11-21)18-8-1-2-9-19(18)23/h1-2,5-9,12,17,20H,3-4,10-11,13-14H2/t17-,20+/m1/s1. The summed E-state index contributed by atoms with van der Waals surface area (Å²) in [6.07, 6.45) is 5.04. The van der Waals surface area contributed by atoms with Crippen molar-refractivity contribution in [2.24, 2.45) is 0 Å². The number of anilines is 1. The first-order valence-corrected chi connectivity index (χ1v) is 10.9. The predicted octanol–water partition coefficient (Wildman–Crippen LogP) is 4.34. The van der Waals surface area contributed by atoms with Gasteiger partial charge in [0.25, 0.3) is 0 Å². The fourth-order valence-electron chi connectivity index (χ4n) is 5.04. The van der Waals surface area contributed by atoms with E-state index in [2.05, 4.69) is 6.07 Å². The van der Waals surface area contributed by atoms with Gasteiger partial charge in [-0.2, -0.15) is 0 Å². The van der Waals surface area contributed by atoms with Gasteiger partial charge in [0.05, 0.1) is 10.9 Å². The first-order valence-electron chi connectivity index (χ1n) is 9.38. The highest BCUT2D eigenvalue weighted by molar-refractivity contribution is 7.93. The lowest BCUT2D eigenvalue weighted by Gasteiger charge is -2.25. The molecule has 2 aliphatic carbocycles. The molecule has 0 radical (unpaired) electrons. The minimum absolute atomic E-state index is 0.00704. The van der Waals surface area contributed by atoms with E-state index < -0.39 is 15.3 Å². The fraction of sp³-hybridized carbons (Fsp3) is 0.429. The molecule has 1 heterocycles. The largest absolute Gasteiger partial charge is 0.269 e. The van der Waals surface area contributed by atoms with Crippen molar-refractivity contribution in [3.8, 4) is 0 Å². The molecule has 0 bridgehead atoms. The smallest absolute Gasteiger partial charge is 0.238 e. The van der Waals surface area contributed by atoms with Crippen LogP contribution in [0.3, 0.4) is 0 Å². The first kappa shape index (κ1) is 16.3. The first-order chi connectivity index (χ1) is 12.5. The maximum Gasteiger partial charge on any atom is 0.238 e. The molecule has 0 saturated heterocycles. The van der Waals surface area contributed by atoms with Gasteiger partial charge in [-0.25, -0.2) is 12.8 Å². The molecule has 0 aromatic heterocycles. The van der Waals surface area contributed by atoms with E-state index in [1.165, 1.54) is 17.7 Å². The van der Waals surface area contributed by atoms with E-state index in [1.54, 1.807) is 10.4 Å². The molecule has 3 nitrogen and oxygen atoms in total. The molecular formula is C21H22FNO2S. The van der Waals surface area contributed by atoms with Crippen LogP contribution in [-0.4, -0.2) is 20.2 Å². The van der Waals surface area contributed by atoms with Crippen molar-refractivity contribution in [1.29, 1.82) is 0 Å². The van der Waals surface area contributed by atoms with Gasteiger partial charge in [0.2, 0.25) is 10.0 Å². The molecule has 2 fully saturated rings. The van der Waals surface area contributed by atoms with E-state index in [4.69, 9.17) is 0 Å². The number of benzene rings is 2. The molecule has 3 aliphatic rings. The summed E-state index contributed by atoms with van der Waals surface area (Å²) < 4.78 is 42.0. The molecule has 0 amide bonds. The van der Waals surface area contributed by atoms with Crippen molar-refractivity contribution in [3.63, 3.8) is 0 Å². The lowest BCUT2D eigenvalue weighted by atomic mass is 9.81. The highest BCUT2D eigenvalue weighted by Crippen LogP contribution is 2.54. The zero-order valence-electron chi connectivity index (χ0n) is 14.6. The minimum Gasteiger partial charge on any atom is -0.269 e. The van der Waals surface area contributed by atoms with E-state index in [1.807, 2.05) is 24.3 Å². The molecule has 2 atom stereocenters. The van der Waals surface area contributed by atoms with Gasteiger partial charge in [0.1, 0.15) is 5.82 Å². The Hall–Kier alpha value is -1.88. The molecule has 2 aromatic rings. The second kappa shape index (κ2) is 5.56. The summed E-state index contributed by atoms with van der Waals surface area (Å²) in [7, 11) is -3.44. The van der Waals surface area contributed by atoms with Crippen LogP contribution in [0.1, 0.15) is 49.1 Å². The van der Waals surface area contributed by atoms with Gasteiger partial charge >= 0.3 is 0 Å². The Morgan fingerprint density at radius 1 is 1.04 bits per heavy atom. The van der Waals surface area contributed by atoms with Crippen molar-refractivity contribution in [1.82, 2.24) is 0 Å². The third-order valence-corrected chi connectivity index (χ3v) is 8.68. The van der Waals surface area contributed by atoms with Crippen LogP contribution in [0.2, 0.25) is 0 Å². The molecule has 26 heavy (non-hydrogen) atoms. The van der Waals surface area contributed by atoms with E-state index in [0.29, 0.717) is 13.0 Å². The van der Waals surface area contributed by atoms with Crippen LogP contribution in [0.5, 0.6) is 0 Å². The van der Waals surface area contributed by atoms with Crippen LogP contribution in [0.4, 0.5) is 10.1 Å². The fourth-order valence-corrected chi connectivity index (χ4v) is 7.25. The van der Waals surface area contributed by atoms with Gasteiger partial charge in [-0.1, -0.05) is 43.2 Å². The third kappa shape index (κ3) is 2.33. The Morgan fingerprint density at radius 2 is 1.81 bits per heavy atom. The number of para-hydroxylation sites is 1. The lowest BCUT2D eigenvalue weighted by Crippen LogP contribution is -2.37. The van der Waals surface area contributed by atoms with Crippen LogP contribution in [0.15, 0.2) is 48.5 Å². The highest BCUT2D eigenvalue weighted by Gasteiger charge is 2.55. The monoisotopic (exact) mass is 371 g/mol. The van der Waals surface area contributed by atoms with Crippen molar-refractivity contribution < 1.29 is 12.8 Å². The molecule has 5 rings (SSSR count). The van der Waals surface area contributed by atoms with E-state index in [9.17, 15) is 12.8 Å². The highest BCUT2D eigenvalue weighted by atomic mass is 32.2. The summed E-state index contributed by atoms with van der Waals surface area (Å²) >= 11 is 0. The lowest BCUT2D eigenvalue weighted by molar-refractivity contribution is 0.477. The Bertz CT molecular complexity index is 965. The Balaban J connectivity index is 1.48. The van der Waals surface area contributed by atoms with Gasteiger partial charge < -0.3 is 0 Å². The Kier molecular flexibility index (Phi) is 3.48. The van der Waals surface area contributed by atoms with Crippen LogP contribution in [0.25, 0.3) is 0 Å². The van der Waals surface area contributed by atoms with E-state index in [0.717, 1.165) is 36.9 Å². The molecular weight excluding hydrogens is 349 g/mol. The normalized spacial score (nSPS) is 26.3. The summed E-state index contributed by atoms with van der Waals surface area (Å²) in [5.41, 5.74) is 2.84. The van der Waals surface area contributed by atoms with Gasteiger partial charge in [0, 0.05) is 17.9 Å². The van der Waals surface area contributed by atoms with Crippen molar-refractivity contribution in [2.75, 3.05) is 10.8 Å². The molecule has 0 unspecified atom stereocenters. The van der Waals surface area contributed by atoms with Crippen LogP contribution >= 0.6 is 0 Å². The SMILES string of the molecule is O=S(=O)([C@H]1C[C@@H]1c1cccc(F)c1)N1CC2(CCCC2)c2ccccc21. The topological polar surface area (TPSA) is 37.4 Å². The van der Waals surface area contributed by atoms with Gasteiger partial charge in [-0.15, -0.1) is 0 Å². The second-order valence-corrected chi connectivity index (χ2v) is 10.1. The number of nitrogens with zero attached hydrogens (tertiary/aromatic N) is 1. The Labute approximate surface area is 153 Å². The van der Waals surface area contributed by atoms with Crippen LogP contribution < -0.4 is 4.31 Å². The molecule has 136 valence electrons. The average Bonchev–Trinajstić information content (AvgIpc) is 3.22. The van der Waals surface area contributed by atoms with E-state index in [-0.39, 0.29) is 17.2 Å². The summed E-state index contributed by atoms with van der Waals surface area (Å²) in [5, 5.41) is -0.436. The van der Waals surface area contributed by atoms with Gasteiger partial charge in [0.15, 0.2) is 0 Å². The van der Waals surface area contributed by atoms with Crippen LogP contribution in [0, 0.1) is 5.82 Å². The quantitative estimate of drug-likeness (QED) is 0.805. The molecule has 2 saturated carbocycles. The molecule has 0 N–H and O–H groups in total. The predicted molar refractivity (Wildman–Crippen MR) is 100 cm³/mol. The van der Waals surface area contributed by atoms with Gasteiger partial charge in [-0.3, -0.25) is 4.31 Å². The summed E-state index contributed by atoms with van der Waals surface area (Å²) in [6.45, 7) is 0.570. The molecule has 2 aromatic carbocycles. The maximum atomic E-state index is 13.5. The van der Waals surface area contributed by atoms with Crippen LogP contribution in [-0.2, 0) is 15.4 Å². The second-order valence-electron chi connectivity index (χ2n) is 7.99. The third-order valence-electron chi connectivity index (χ3n) is 6.45.